The van der Waals surface area contributed by atoms with Crippen molar-refractivity contribution in [3.05, 3.63) is 42.1 Å². The van der Waals surface area contributed by atoms with E-state index in [4.69, 9.17) is 4.84 Å². The maximum atomic E-state index is 12.3. The van der Waals surface area contributed by atoms with Gasteiger partial charge in [-0.1, -0.05) is 0 Å². The maximum absolute atomic E-state index is 12.3. The summed E-state index contributed by atoms with van der Waals surface area (Å²) in [5.41, 5.74) is 0.720. The highest BCUT2D eigenvalue weighted by atomic mass is 32.2. The topological polar surface area (TPSA) is 53.6 Å². The van der Waals surface area contributed by atoms with Crippen molar-refractivity contribution in [2.24, 2.45) is 5.92 Å². The van der Waals surface area contributed by atoms with Crippen molar-refractivity contribution in [1.82, 2.24) is 15.1 Å². The Labute approximate surface area is 134 Å². The van der Waals surface area contributed by atoms with Crippen LogP contribution < -0.4 is 10.6 Å². The van der Waals surface area contributed by atoms with E-state index in [9.17, 15) is 4.79 Å². The fourth-order valence-corrected chi connectivity index (χ4v) is 4.11. The number of piperidine rings is 1. The molecule has 2 heterocycles. The highest BCUT2D eigenvalue weighted by Gasteiger charge is 2.40. The predicted octanol–water partition coefficient (Wildman–Crippen LogP) is 1.93. The lowest BCUT2D eigenvalue weighted by atomic mass is 10.0. The number of amides is 1. The SMILES string of the molecule is O=C(NC1CC2CC1CN2)c1ccc(SN2C=CCO2)cc1. The minimum Gasteiger partial charge on any atom is -0.349 e. The van der Waals surface area contributed by atoms with Gasteiger partial charge in [0.1, 0.15) is 0 Å². The van der Waals surface area contributed by atoms with Gasteiger partial charge >= 0.3 is 0 Å². The van der Waals surface area contributed by atoms with Gasteiger partial charge in [0.2, 0.25) is 0 Å². The largest absolute Gasteiger partial charge is 0.349 e. The zero-order valence-electron chi connectivity index (χ0n) is 12.2. The zero-order chi connectivity index (χ0) is 14.9. The molecule has 3 atom stereocenters. The van der Waals surface area contributed by atoms with Gasteiger partial charge in [-0.25, -0.2) is 0 Å². The molecule has 1 saturated heterocycles. The Balaban J connectivity index is 1.35. The van der Waals surface area contributed by atoms with Gasteiger partial charge in [-0.2, -0.15) is 4.47 Å². The van der Waals surface area contributed by atoms with E-state index in [-0.39, 0.29) is 5.91 Å². The lowest BCUT2D eigenvalue weighted by Gasteiger charge is -2.23. The van der Waals surface area contributed by atoms with Gasteiger partial charge < -0.3 is 10.6 Å². The average molecular weight is 317 g/mol. The Kier molecular flexibility index (Phi) is 3.82. The summed E-state index contributed by atoms with van der Waals surface area (Å²) >= 11 is 1.50. The normalized spacial score (nSPS) is 29.3. The number of nitrogens with zero attached hydrogens (tertiary/aromatic N) is 1. The summed E-state index contributed by atoms with van der Waals surface area (Å²) in [6.45, 7) is 1.65. The Morgan fingerprint density at radius 3 is 2.82 bits per heavy atom. The van der Waals surface area contributed by atoms with Crippen LogP contribution in [0.15, 0.2) is 41.4 Å². The van der Waals surface area contributed by atoms with Crippen LogP contribution in [-0.2, 0) is 4.84 Å². The molecule has 0 radical (unpaired) electrons. The lowest BCUT2D eigenvalue weighted by molar-refractivity contribution is -0.000393. The van der Waals surface area contributed by atoms with E-state index in [1.807, 2.05) is 36.5 Å². The summed E-state index contributed by atoms with van der Waals surface area (Å²) in [4.78, 5) is 18.7. The molecule has 2 aliphatic heterocycles. The third kappa shape index (κ3) is 2.86. The molecular weight excluding hydrogens is 298 g/mol. The van der Waals surface area contributed by atoms with Crippen molar-refractivity contribution in [3.8, 4) is 0 Å². The molecule has 4 rings (SSSR count). The first kappa shape index (κ1) is 14.1. The molecule has 2 N–H and O–H groups in total. The molecule has 3 unspecified atom stereocenters. The lowest BCUT2D eigenvalue weighted by Crippen LogP contribution is -2.44. The van der Waals surface area contributed by atoms with Crippen molar-refractivity contribution in [2.45, 2.75) is 29.8 Å². The Bertz CT molecular complexity index is 590. The molecule has 2 bridgehead atoms. The summed E-state index contributed by atoms with van der Waals surface area (Å²) in [6, 6.07) is 8.60. The second kappa shape index (κ2) is 5.95. The first-order valence-corrected chi connectivity index (χ1v) is 8.46. The second-order valence-electron chi connectivity index (χ2n) is 6.00. The Morgan fingerprint density at radius 1 is 1.32 bits per heavy atom. The molecule has 0 aromatic heterocycles. The van der Waals surface area contributed by atoms with E-state index in [0.717, 1.165) is 23.4 Å². The van der Waals surface area contributed by atoms with Crippen LogP contribution >= 0.6 is 11.9 Å². The van der Waals surface area contributed by atoms with Crippen LogP contribution in [0.2, 0.25) is 0 Å². The molecule has 1 amide bonds. The summed E-state index contributed by atoms with van der Waals surface area (Å²) < 4.78 is 1.72. The third-order valence-corrected chi connectivity index (χ3v) is 5.41. The number of carbonyl (C=O) groups is 1. The van der Waals surface area contributed by atoms with Crippen LogP contribution in [0.3, 0.4) is 0 Å². The van der Waals surface area contributed by atoms with Gasteiger partial charge in [0.15, 0.2) is 0 Å². The predicted molar refractivity (Wildman–Crippen MR) is 85.0 cm³/mol. The van der Waals surface area contributed by atoms with E-state index in [1.54, 1.807) is 4.47 Å². The maximum Gasteiger partial charge on any atom is 0.251 e. The second-order valence-corrected chi connectivity index (χ2v) is 7.01. The summed E-state index contributed by atoms with van der Waals surface area (Å²) in [6.07, 6.45) is 6.11. The molecule has 2 fully saturated rings. The van der Waals surface area contributed by atoms with Crippen LogP contribution in [0.25, 0.3) is 0 Å². The van der Waals surface area contributed by atoms with Gasteiger partial charge in [0.25, 0.3) is 5.91 Å². The first-order valence-electron chi connectivity index (χ1n) is 7.69. The van der Waals surface area contributed by atoms with Crippen LogP contribution in [0.5, 0.6) is 0 Å². The first-order chi connectivity index (χ1) is 10.8. The smallest absolute Gasteiger partial charge is 0.251 e. The third-order valence-electron chi connectivity index (χ3n) is 4.52. The summed E-state index contributed by atoms with van der Waals surface area (Å²) in [5, 5.41) is 6.65. The standard InChI is InChI=1S/C16H19N3O2S/c20-16(18-15-9-13-8-12(15)10-17-13)11-2-4-14(5-3-11)22-19-6-1-7-21-19/h1-6,12-13,15,17H,7-10H2,(H,18,20). The molecule has 22 heavy (non-hydrogen) atoms. The van der Waals surface area contributed by atoms with Gasteiger partial charge in [0, 0.05) is 47.2 Å². The average Bonchev–Trinajstić information content (AvgIpc) is 3.25. The molecule has 1 saturated carbocycles. The Morgan fingerprint density at radius 2 is 2.18 bits per heavy atom. The van der Waals surface area contributed by atoms with Crippen LogP contribution in [0.1, 0.15) is 23.2 Å². The van der Waals surface area contributed by atoms with Crippen molar-refractivity contribution in [2.75, 3.05) is 13.2 Å². The highest BCUT2D eigenvalue weighted by molar-refractivity contribution is 7.97. The molecule has 1 aromatic rings. The number of fused-ring (bicyclic) bond motifs is 2. The molecule has 5 nitrogen and oxygen atoms in total. The van der Waals surface area contributed by atoms with E-state index < -0.39 is 0 Å². The van der Waals surface area contributed by atoms with E-state index in [0.29, 0.717) is 24.6 Å². The number of benzene rings is 1. The number of hydrogen-bond acceptors (Lipinski definition) is 5. The van der Waals surface area contributed by atoms with Gasteiger partial charge in [-0.3, -0.25) is 9.63 Å². The van der Waals surface area contributed by atoms with Gasteiger partial charge in [0.05, 0.1) is 6.61 Å². The van der Waals surface area contributed by atoms with E-state index in [1.165, 1.54) is 18.4 Å². The number of hydrogen-bond donors (Lipinski definition) is 2. The summed E-state index contributed by atoms with van der Waals surface area (Å²) in [5.74, 6) is 0.634. The minimum absolute atomic E-state index is 0.0337. The van der Waals surface area contributed by atoms with Crippen molar-refractivity contribution >= 4 is 17.9 Å². The zero-order valence-corrected chi connectivity index (χ0v) is 13.0. The van der Waals surface area contributed by atoms with Crippen LogP contribution in [0.4, 0.5) is 0 Å². The van der Waals surface area contributed by atoms with Gasteiger partial charge in [-0.05, 0) is 49.1 Å². The number of nitrogens with one attached hydrogen (secondary N) is 2. The van der Waals surface area contributed by atoms with E-state index >= 15 is 0 Å². The molecule has 0 spiro atoms. The monoisotopic (exact) mass is 317 g/mol. The number of rotatable bonds is 4. The van der Waals surface area contributed by atoms with Crippen molar-refractivity contribution in [1.29, 1.82) is 0 Å². The molecular formula is C16H19N3O2S. The number of carbonyl (C=O) groups excluding carboxylic acids is 1. The quantitative estimate of drug-likeness (QED) is 0.831. The summed E-state index contributed by atoms with van der Waals surface area (Å²) in [7, 11) is 0. The Hall–Kier alpha value is -1.50. The molecule has 1 aromatic carbocycles. The van der Waals surface area contributed by atoms with E-state index in [2.05, 4.69) is 10.6 Å². The van der Waals surface area contributed by atoms with Crippen molar-refractivity contribution in [3.63, 3.8) is 0 Å². The van der Waals surface area contributed by atoms with Crippen LogP contribution in [0, 0.1) is 5.92 Å². The van der Waals surface area contributed by atoms with Crippen molar-refractivity contribution < 1.29 is 9.63 Å². The highest BCUT2D eigenvalue weighted by Crippen LogP contribution is 2.31. The van der Waals surface area contributed by atoms with Gasteiger partial charge in [-0.15, -0.1) is 0 Å². The molecule has 6 heteroatoms. The minimum atomic E-state index is 0.0337. The molecule has 3 aliphatic rings. The van der Waals surface area contributed by atoms with Crippen LogP contribution in [-0.4, -0.2) is 35.6 Å². The fourth-order valence-electron chi connectivity index (χ4n) is 3.38. The number of hydroxylamine groups is 1. The molecule has 116 valence electrons. The molecule has 1 aliphatic carbocycles. The fraction of sp³-hybridized carbons (Fsp3) is 0.438.